The molecule has 0 bridgehead atoms. The highest BCUT2D eigenvalue weighted by atomic mass is 16.1. The smallest absolute Gasteiger partial charge is 0.222 e. The van der Waals surface area contributed by atoms with Crippen molar-refractivity contribution in [3.63, 3.8) is 0 Å². The molecule has 3 rings (SSSR count). The van der Waals surface area contributed by atoms with Crippen LogP contribution in [-0.4, -0.2) is 20.7 Å². The van der Waals surface area contributed by atoms with E-state index in [2.05, 4.69) is 15.4 Å². The lowest BCUT2D eigenvalue weighted by Gasteiger charge is -2.06. The van der Waals surface area contributed by atoms with Gasteiger partial charge in [-0.15, -0.1) is 0 Å². The molecular weight excluding hydrogens is 264 g/mol. The number of nitrogens with one attached hydrogen (secondary N) is 1. The highest BCUT2D eigenvalue weighted by Gasteiger charge is 2.05. The van der Waals surface area contributed by atoms with Crippen molar-refractivity contribution in [3.8, 4) is 0 Å². The van der Waals surface area contributed by atoms with Gasteiger partial charge in [0, 0.05) is 18.0 Å². The van der Waals surface area contributed by atoms with Gasteiger partial charge in [-0.25, -0.2) is 0 Å². The van der Waals surface area contributed by atoms with Gasteiger partial charge in [-0.3, -0.25) is 14.5 Å². The lowest BCUT2D eigenvalue weighted by atomic mass is 10.2. The van der Waals surface area contributed by atoms with Crippen molar-refractivity contribution in [2.45, 2.75) is 19.5 Å². The Balaban J connectivity index is 1.54. The van der Waals surface area contributed by atoms with Crippen molar-refractivity contribution in [1.82, 2.24) is 20.1 Å². The second-order valence-electron chi connectivity index (χ2n) is 4.77. The van der Waals surface area contributed by atoms with E-state index in [1.807, 2.05) is 53.3 Å². The fourth-order valence-electron chi connectivity index (χ4n) is 2.19. The summed E-state index contributed by atoms with van der Waals surface area (Å²) in [7, 11) is 0. The predicted octanol–water partition coefficient (Wildman–Crippen LogP) is 2.14. The van der Waals surface area contributed by atoms with Gasteiger partial charge in [0.2, 0.25) is 5.91 Å². The van der Waals surface area contributed by atoms with Crippen LogP contribution in [0.5, 0.6) is 0 Å². The first-order valence-corrected chi connectivity index (χ1v) is 6.90. The van der Waals surface area contributed by atoms with E-state index >= 15 is 0 Å². The van der Waals surface area contributed by atoms with Crippen molar-refractivity contribution in [3.05, 3.63) is 60.6 Å². The number of rotatable bonds is 5. The van der Waals surface area contributed by atoms with Crippen molar-refractivity contribution < 1.29 is 4.79 Å². The van der Waals surface area contributed by atoms with Crippen LogP contribution >= 0.6 is 0 Å². The first-order valence-electron chi connectivity index (χ1n) is 6.90. The van der Waals surface area contributed by atoms with Gasteiger partial charge in [-0.2, -0.15) is 5.10 Å². The summed E-state index contributed by atoms with van der Waals surface area (Å²) in [6, 6.07) is 13.6. The molecule has 106 valence electrons. The van der Waals surface area contributed by atoms with Gasteiger partial charge in [0.25, 0.3) is 0 Å². The van der Waals surface area contributed by atoms with Gasteiger partial charge < -0.3 is 5.32 Å². The van der Waals surface area contributed by atoms with Gasteiger partial charge in [0.15, 0.2) is 0 Å². The van der Waals surface area contributed by atoms with Crippen molar-refractivity contribution in [2.24, 2.45) is 0 Å². The molecule has 0 radical (unpaired) electrons. The highest BCUT2D eigenvalue weighted by molar-refractivity contribution is 5.79. The number of hydrogen-bond acceptors (Lipinski definition) is 3. The predicted molar refractivity (Wildman–Crippen MR) is 80.4 cm³/mol. The topological polar surface area (TPSA) is 59.8 Å². The summed E-state index contributed by atoms with van der Waals surface area (Å²) in [6.07, 6.45) is 3.94. The first-order chi connectivity index (χ1) is 10.3. The fraction of sp³-hybridized carbons (Fsp3) is 0.188. The molecule has 1 amide bonds. The standard InChI is InChI=1S/C16H16N4O/c21-16(18-12-14-6-3-4-9-17-14)8-10-20-15-7-2-1-5-13(15)11-19-20/h1-7,9,11H,8,10,12H2,(H,18,21). The molecule has 0 atom stereocenters. The minimum atomic E-state index is 0.000217. The van der Waals surface area contributed by atoms with Crippen LogP contribution in [0.3, 0.4) is 0 Å². The van der Waals surface area contributed by atoms with Crippen molar-refractivity contribution >= 4 is 16.8 Å². The third-order valence-electron chi connectivity index (χ3n) is 3.29. The van der Waals surface area contributed by atoms with Crippen LogP contribution in [0.4, 0.5) is 0 Å². The number of amides is 1. The van der Waals surface area contributed by atoms with E-state index in [1.165, 1.54) is 0 Å². The number of fused-ring (bicyclic) bond motifs is 1. The van der Waals surface area contributed by atoms with E-state index in [-0.39, 0.29) is 5.91 Å². The van der Waals surface area contributed by atoms with Crippen LogP contribution < -0.4 is 5.32 Å². The summed E-state index contributed by atoms with van der Waals surface area (Å²) in [6.45, 7) is 1.03. The summed E-state index contributed by atoms with van der Waals surface area (Å²) in [4.78, 5) is 16.0. The maximum absolute atomic E-state index is 11.9. The number of para-hydroxylation sites is 1. The van der Waals surface area contributed by atoms with E-state index in [9.17, 15) is 4.79 Å². The number of carbonyl (C=O) groups excluding carboxylic acids is 1. The second kappa shape index (κ2) is 6.17. The van der Waals surface area contributed by atoms with Crippen LogP contribution in [0.15, 0.2) is 54.9 Å². The lowest BCUT2D eigenvalue weighted by Crippen LogP contribution is -2.24. The Labute approximate surface area is 122 Å². The minimum Gasteiger partial charge on any atom is -0.350 e. The number of aromatic nitrogens is 3. The Hall–Kier alpha value is -2.69. The van der Waals surface area contributed by atoms with E-state index in [0.717, 1.165) is 16.6 Å². The number of pyridine rings is 1. The molecule has 1 aromatic carbocycles. The normalized spacial score (nSPS) is 10.7. The van der Waals surface area contributed by atoms with Crippen LogP contribution in [0.25, 0.3) is 10.9 Å². The van der Waals surface area contributed by atoms with Crippen LogP contribution in [0.2, 0.25) is 0 Å². The number of benzene rings is 1. The Morgan fingerprint density at radius 3 is 2.86 bits per heavy atom. The average Bonchev–Trinajstić information content (AvgIpc) is 2.95. The number of nitrogens with zero attached hydrogens (tertiary/aromatic N) is 3. The summed E-state index contributed by atoms with van der Waals surface area (Å²) >= 11 is 0. The molecule has 0 unspecified atom stereocenters. The molecule has 0 aliphatic rings. The monoisotopic (exact) mass is 280 g/mol. The first kappa shape index (κ1) is 13.3. The average molecular weight is 280 g/mol. The number of hydrogen-bond donors (Lipinski definition) is 1. The maximum Gasteiger partial charge on any atom is 0.222 e. The van der Waals surface area contributed by atoms with Gasteiger partial charge in [0.1, 0.15) is 0 Å². The zero-order valence-corrected chi connectivity index (χ0v) is 11.6. The SMILES string of the molecule is O=C(CCn1ncc2ccccc21)NCc1ccccn1. The quantitative estimate of drug-likeness (QED) is 0.779. The van der Waals surface area contributed by atoms with E-state index in [1.54, 1.807) is 6.20 Å². The minimum absolute atomic E-state index is 0.000217. The molecule has 0 aliphatic carbocycles. The molecule has 21 heavy (non-hydrogen) atoms. The lowest BCUT2D eigenvalue weighted by molar-refractivity contribution is -0.121. The third kappa shape index (κ3) is 3.25. The molecular formula is C16H16N4O. The summed E-state index contributed by atoms with van der Waals surface area (Å²) < 4.78 is 1.86. The molecule has 5 nitrogen and oxygen atoms in total. The van der Waals surface area contributed by atoms with Crippen LogP contribution in [0, 0.1) is 0 Å². The van der Waals surface area contributed by atoms with Gasteiger partial charge >= 0.3 is 0 Å². The molecule has 0 spiro atoms. The Bertz CT molecular complexity index is 736. The molecule has 0 saturated heterocycles. The van der Waals surface area contributed by atoms with Crippen LogP contribution in [0.1, 0.15) is 12.1 Å². The van der Waals surface area contributed by atoms with E-state index in [4.69, 9.17) is 0 Å². The zero-order chi connectivity index (χ0) is 14.5. The molecule has 0 saturated carbocycles. The summed E-state index contributed by atoms with van der Waals surface area (Å²) in [5.74, 6) is 0.000217. The largest absolute Gasteiger partial charge is 0.350 e. The summed E-state index contributed by atoms with van der Waals surface area (Å²) in [5, 5.41) is 8.27. The molecule has 2 aromatic heterocycles. The van der Waals surface area contributed by atoms with Crippen LogP contribution in [-0.2, 0) is 17.9 Å². The zero-order valence-electron chi connectivity index (χ0n) is 11.6. The molecule has 0 fully saturated rings. The van der Waals surface area contributed by atoms with Gasteiger partial charge in [0.05, 0.1) is 30.5 Å². The van der Waals surface area contributed by atoms with Crippen molar-refractivity contribution in [2.75, 3.05) is 0 Å². The Morgan fingerprint density at radius 1 is 1.14 bits per heavy atom. The van der Waals surface area contributed by atoms with Gasteiger partial charge in [-0.1, -0.05) is 24.3 Å². The maximum atomic E-state index is 11.9. The molecule has 2 heterocycles. The molecule has 0 aliphatic heterocycles. The third-order valence-corrected chi connectivity index (χ3v) is 3.29. The van der Waals surface area contributed by atoms with E-state index < -0.39 is 0 Å². The fourth-order valence-corrected chi connectivity index (χ4v) is 2.19. The number of aryl methyl sites for hydroxylation is 1. The molecule has 3 aromatic rings. The highest BCUT2D eigenvalue weighted by Crippen LogP contribution is 2.12. The number of carbonyl (C=O) groups is 1. The second-order valence-corrected chi connectivity index (χ2v) is 4.77. The molecule has 5 heteroatoms. The Kier molecular flexibility index (Phi) is 3.91. The van der Waals surface area contributed by atoms with Gasteiger partial charge in [-0.05, 0) is 18.2 Å². The Morgan fingerprint density at radius 2 is 2.00 bits per heavy atom. The summed E-state index contributed by atoms with van der Waals surface area (Å²) in [5.41, 5.74) is 1.91. The molecule has 1 N–H and O–H groups in total. The van der Waals surface area contributed by atoms with E-state index in [0.29, 0.717) is 19.5 Å². The van der Waals surface area contributed by atoms with Crippen molar-refractivity contribution in [1.29, 1.82) is 0 Å².